The first kappa shape index (κ1) is 17.0. The Labute approximate surface area is 164 Å². The molecule has 0 amide bonds. The lowest BCUT2D eigenvalue weighted by Gasteiger charge is -2.12. The molecule has 3 heterocycles. The Bertz CT molecular complexity index is 1200. The van der Waals surface area contributed by atoms with Gasteiger partial charge in [-0.2, -0.15) is 5.10 Å². The van der Waals surface area contributed by atoms with Crippen molar-refractivity contribution in [2.75, 3.05) is 7.11 Å². The van der Waals surface area contributed by atoms with Gasteiger partial charge in [0.2, 0.25) is 0 Å². The summed E-state index contributed by atoms with van der Waals surface area (Å²) < 4.78 is 7.60. The van der Waals surface area contributed by atoms with Gasteiger partial charge in [-0.15, -0.1) is 0 Å². The lowest BCUT2D eigenvalue weighted by atomic mass is 9.99. The van der Waals surface area contributed by atoms with Crippen molar-refractivity contribution >= 4 is 24.5 Å². The van der Waals surface area contributed by atoms with Crippen molar-refractivity contribution < 1.29 is 4.74 Å². The fourth-order valence-electron chi connectivity index (χ4n) is 4.15. The zero-order valence-electron chi connectivity index (χ0n) is 16.4. The molecule has 1 aliphatic rings. The Morgan fingerprint density at radius 3 is 2.79 bits per heavy atom. The zero-order chi connectivity index (χ0) is 19.3. The molecule has 4 aromatic rings. The maximum atomic E-state index is 5.74. The van der Waals surface area contributed by atoms with Crippen LogP contribution in [0.15, 0.2) is 42.6 Å². The summed E-state index contributed by atoms with van der Waals surface area (Å²) >= 11 is 0. The monoisotopic (exact) mass is 368 g/mol. The quantitative estimate of drug-likeness (QED) is 0.522. The molecule has 1 aliphatic carbocycles. The van der Waals surface area contributed by atoms with Crippen LogP contribution in [0.2, 0.25) is 0 Å². The van der Waals surface area contributed by atoms with Crippen molar-refractivity contribution in [3.63, 3.8) is 0 Å². The molecule has 5 nitrogen and oxygen atoms in total. The van der Waals surface area contributed by atoms with Crippen molar-refractivity contribution in [3.05, 3.63) is 53.7 Å². The molecule has 5 rings (SSSR count). The Hall–Kier alpha value is -3.15. The van der Waals surface area contributed by atoms with Crippen LogP contribution in [0.5, 0.6) is 5.75 Å². The van der Waals surface area contributed by atoms with Crippen LogP contribution >= 0.6 is 0 Å². The van der Waals surface area contributed by atoms with E-state index in [1.165, 1.54) is 23.1 Å². The molecule has 0 fully saturated rings. The molecule has 0 N–H and O–H groups in total. The minimum absolute atomic E-state index is 0.782. The van der Waals surface area contributed by atoms with E-state index < -0.39 is 0 Å². The predicted molar refractivity (Wildman–Crippen MR) is 114 cm³/mol. The lowest BCUT2D eigenvalue weighted by molar-refractivity contribution is 0.415. The first-order chi connectivity index (χ1) is 13.7. The zero-order valence-corrected chi connectivity index (χ0v) is 16.4. The van der Waals surface area contributed by atoms with Gasteiger partial charge in [-0.3, -0.25) is 9.67 Å². The number of fused-ring (bicyclic) bond motifs is 2. The number of methoxy groups -OCH3 is 1. The summed E-state index contributed by atoms with van der Waals surface area (Å²) in [6, 6.07) is 12.6. The summed E-state index contributed by atoms with van der Waals surface area (Å²) in [5.41, 5.74) is 9.52. The fourth-order valence-corrected chi connectivity index (χ4v) is 4.15. The van der Waals surface area contributed by atoms with Crippen molar-refractivity contribution in [3.8, 4) is 28.3 Å². The van der Waals surface area contributed by atoms with Crippen molar-refractivity contribution in [1.82, 2.24) is 19.7 Å². The molecule has 0 atom stereocenters. The van der Waals surface area contributed by atoms with E-state index in [1.807, 2.05) is 37.9 Å². The van der Waals surface area contributed by atoms with E-state index in [4.69, 9.17) is 14.8 Å². The van der Waals surface area contributed by atoms with Gasteiger partial charge in [0, 0.05) is 30.4 Å². The molecule has 0 spiro atoms. The van der Waals surface area contributed by atoms with E-state index in [0.29, 0.717) is 0 Å². The molecule has 28 heavy (non-hydrogen) atoms. The van der Waals surface area contributed by atoms with Gasteiger partial charge in [0.25, 0.3) is 0 Å². The van der Waals surface area contributed by atoms with Crippen molar-refractivity contribution in [2.45, 2.75) is 19.3 Å². The minimum atomic E-state index is 0.782. The Kier molecular flexibility index (Phi) is 3.93. The molecular weight excluding hydrogens is 347 g/mol. The molecule has 1 aromatic carbocycles. The summed E-state index contributed by atoms with van der Waals surface area (Å²) in [6.07, 6.45) is 5.30. The van der Waals surface area contributed by atoms with Crippen LogP contribution in [0.4, 0.5) is 0 Å². The van der Waals surface area contributed by atoms with E-state index in [1.54, 1.807) is 7.11 Å². The second-order valence-electron chi connectivity index (χ2n) is 7.36. The van der Waals surface area contributed by atoms with Gasteiger partial charge in [0.15, 0.2) is 7.85 Å². The SMILES string of the molecule is Bc1ccc(-c2nn(C)c3cc(OC)c(-c4cccc5c4CCC5)nc23)cn1. The highest BCUT2D eigenvalue weighted by molar-refractivity contribution is 6.30. The predicted octanol–water partition coefficient (Wildman–Crippen LogP) is 2.45. The van der Waals surface area contributed by atoms with Gasteiger partial charge in [-0.25, -0.2) is 4.98 Å². The molecule has 0 saturated heterocycles. The van der Waals surface area contributed by atoms with Gasteiger partial charge in [0.1, 0.15) is 22.7 Å². The standard InChI is InChI=1S/C22H21BN4O/c1-27-17-11-18(28-2)21(16-8-4-6-13-5-3-7-15(13)16)25-22(17)20(26-27)14-9-10-19(23)24-12-14/h4,6,8-12H,3,5,7,23H2,1-2H3. The molecule has 3 aromatic heterocycles. The number of nitrogens with zero attached hydrogens (tertiary/aromatic N) is 4. The lowest BCUT2D eigenvalue weighted by Crippen LogP contribution is -2.06. The third kappa shape index (κ3) is 2.60. The van der Waals surface area contributed by atoms with Crippen LogP contribution in [-0.4, -0.2) is 34.7 Å². The number of benzene rings is 1. The van der Waals surface area contributed by atoms with Gasteiger partial charge in [0.05, 0.1) is 12.6 Å². The number of hydrogen-bond acceptors (Lipinski definition) is 4. The van der Waals surface area contributed by atoms with E-state index >= 15 is 0 Å². The van der Waals surface area contributed by atoms with Crippen LogP contribution in [0.1, 0.15) is 17.5 Å². The van der Waals surface area contributed by atoms with Crippen LogP contribution in [0.25, 0.3) is 33.5 Å². The average molecular weight is 368 g/mol. The number of ether oxygens (including phenoxy) is 1. The molecule has 0 bridgehead atoms. The van der Waals surface area contributed by atoms with Gasteiger partial charge in [-0.05, 0) is 36.0 Å². The third-order valence-corrected chi connectivity index (χ3v) is 5.60. The van der Waals surface area contributed by atoms with E-state index in [-0.39, 0.29) is 0 Å². The highest BCUT2D eigenvalue weighted by Gasteiger charge is 2.22. The van der Waals surface area contributed by atoms with Crippen molar-refractivity contribution in [1.29, 1.82) is 0 Å². The van der Waals surface area contributed by atoms with Gasteiger partial charge >= 0.3 is 0 Å². The largest absolute Gasteiger partial charge is 0.494 e. The second kappa shape index (κ2) is 6.48. The highest BCUT2D eigenvalue weighted by atomic mass is 16.5. The number of rotatable bonds is 3. The molecular formula is C22H21BN4O. The van der Waals surface area contributed by atoms with Crippen LogP contribution < -0.4 is 10.3 Å². The smallest absolute Gasteiger partial charge is 0.163 e. The second-order valence-corrected chi connectivity index (χ2v) is 7.36. The van der Waals surface area contributed by atoms with Crippen LogP contribution in [0, 0.1) is 0 Å². The van der Waals surface area contributed by atoms with E-state index in [2.05, 4.69) is 29.2 Å². The number of aromatic nitrogens is 4. The molecule has 0 radical (unpaired) electrons. The van der Waals surface area contributed by atoms with Gasteiger partial charge in [-0.1, -0.05) is 30.3 Å². The number of hydrogen-bond donors (Lipinski definition) is 0. The molecule has 0 aliphatic heterocycles. The summed E-state index contributed by atoms with van der Waals surface area (Å²) in [7, 11) is 5.63. The molecule has 0 unspecified atom stereocenters. The Morgan fingerprint density at radius 1 is 1.11 bits per heavy atom. The van der Waals surface area contributed by atoms with Crippen molar-refractivity contribution in [2.24, 2.45) is 7.05 Å². The third-order valence-electron chi connectivity index (χ3n) is 5.60. The Morgan fingerprint density at radius 2 is 2.00 bits per heavy atom. The maximum absolute atomic E-state index is 5.74. The number of aryl methyl sites for hydroxylation is 2. The maximum Gasteiger partial charge on any atom is 0.163 e. The first-order valence-corrected chi connectivity index (χ1v) is 9.61. The Balaban J connectivity index is 1.78. The fraction of sp³-hybridized carbons (Fsp3) is 0.227. The van der Waals surface area contributed by atoms with Crippen LogP contribution in [0.3, 0.4) is 0 Å². The van der Waals surface area contributed by atoms with E-state index in [0.717, 1.165) is 52.2 Å². The summed E-state index contributed by atoms with van der Waals surface area (Å²) in [5, 5.41) is 4.73. The number of pyridine rings is 2. The molecule has 138 valence electrons. The summed E-state index contributed by atoms with van der Waals surface area (Å²) in [6.45, 7) is 0. The topological polar surface area (TPSA) is 52.8 Å². The normalized spacial score (nSPS) is 13.1. The minimum Gasteiger partial charge on any atom is -0.494 e. The first-order valence-electron chi connectivity index (χ1n) is 9.61. The summed E-state index contributed by atoms with van der Waals surface area (Å²) in [5.74, 6) is 0.782. The van der Waals surface area contributed by atoms with Gasteiger partial charge < -0.3 is 4.74 Å². The van der Waals surface area contributed by atoms with E-state index in [9.17, 15) is 0 Å². The average Bonchev–Trinajstić information content (AvgIpc) is 3.32. The molecule has 6 heteroatoms. The molecule has 0 saturated carbocycles. The van der Waals surface area contributed by atoms with Crippen LogP contribution in [-0.2, 0) is 19.9 Å². The highest BCUT2D eigenvalue weighted by Crippen LogP contribution is 2.39. The summed E-state index contributed by atoms with van der Waals surface area (Å²) in [4.78, 5) is 9.51.